The third kappa shape index (κ3) is 4.41. The van der Waals surface area contributed by atoms with Crippen LogP contribution in [-0.2, 0) is 9.59 Å². The number of rotatable bonds is 5. The predicted molar refractivity (Wildman–Crippen MR) is 128 cm³/mol. The molecule has 2 aromatic carbocycles. The van der Waals surface area contributed by atoms with Gasteiger partial charge in [0.15, 0.2) is 17.3 Å². The standard InChI is InChI=1S/C24H22BrCl2NO4/c1-3-32-21-10-14(6-16(25)24(21)31-2)15-11-22(30)28-19-8-13(9-20(29)23(15)19)12-4-5-17(26)18(27)7-12/h4-7,10,13,15H,3,8-9,11H2,1-2H3,(H,28,30). The number of carbonyl (C=O) groups excluding carboxylic acids is 2. The van der Waals surface area contributed by atoms with Crippen LogP contribution in [0.15, 0.2) is 46.1 Å². The molecular weight excluding hydrogens is 517 g/mol. The lowest BCUT2D eigenvalue weighted by atomic mass is 9.73. The average molecular weight is 539 g/mol. The van der Waals surface area contributed by atoms with Crippen LogP contribution in [0.25, 0.3) is 0 Å². The number of hydrogen-bond acceptors (Lipinski definition) is 4. The molecule has 4 rings (SSSR count). The van der Waals surface area contributed by atoms with E-state index in [0.717, 1.165) is 11.1 Å². The number of amides is 1. The molecule has 0 aromatic heterocycles. The smallest absolute Gasteiger partial charge is 0.225 e. The zero-order valence-corrected chi connectivity index (χ0v) is 20.7. The van der Waals surface area contributed by atoms with Crippen LogP contribution in [-0.4, -0.2) is 25.4 Å². The number of benzene rings is 2. The highest BCUT2D eigenvalue weighted by molar-refractivity contribution is 9.10. The van der Waals surface area contributed by atoms with Gasteiger partial charge in [0, 0.05) is 30.0 Å². The van der Waals surface area contributed by atoms with Crippen molar-refractivity contribution in [2.24, 2.45) is 0 Å². The van der Waals surface area contributed by atoms with E-state index in [1.165, 1.54) is 0 Å². The number of hydrogen-bond donors (Lipinski definition) is 1. The van der Waals surface area contributed by atoms with Crippen LogP contribution < -0.4 is 14.8 Å². The molecule has 5 nitrogen and oxygen atoms in total. The Kier molecular flexibility index (Phi) is 6.84. The molecule has 1 amide bonds. The number of methoxy groups -OCH3 is 1. The van der Waals surface area contributed by atoms with Crippen molar-refractivity contribution >= 4 is 50.8 Å². The zero-order valence-electron chi connectivity index (χ0n) is 17.6. The maximum absolute atomic E-state index is 13.3. The Bertz CT molecular complexity index is 1130. The summed E-state index contributed by atoms with van der Waals surface area (Å²) in [4.78, 5) is 25.9. The summed E-state index contributed by atoms with van der Waals surface area (Å²) in [5.41, 5.74) is 3.12. The van der Waals surface area contributed by atoms with Crippen molar-refractivity contribution in [3.05, 3.63) is 67.2 Å². The summed E-state index contributed by atoms with van der Waals surface area (Å²) in [7, 11) is 1.57. The van der Waals surface area contributed by atoms with Crippen LogP contribution >= 0.6 is 39.1 Å². The lowest BCUT2D eigenvalue weighted by Crippen LogP contribution is -2.38. The number of allylic oxidation sites excluding steroid dienone is 2. The fourth-order valence-corrected chi connectivity index (χ4v) is 5.43. The van der Waals surface area contributed by atoms with Gasteiger partial charge in [-0.15, -0.1) is 0 Å². The Morgan fingerprint density at radius 1 is 1.06 bits per heavy atom. The van der Waals surface area contributed by atoms with Gasteiger partial charge in [0.2, 0.25) is 5.91 Å². The fourth-order valence-electron chi connectivity index (χ4n) is 4.50. The molecule has 0 saturated heterocycles. The Hall–Kier alpha value is -2.02. The Morgan fingerprint density at radius 2 is 1.84 bits per heavy atom. The minimum Gasteiger partial charge on any atom is -0.492 e. The average Bonchev–Trinajstić information content (AvgIpc) is 2.74. The van der Waals surface area contributed by atoms with Gasteiger partial charge in [-0.1, -0.05) is 29.3 Å². The highest BCUT2D eigenvalue weighted by Gasteiger charge is 2.38. The van der Waals surface area contributed by atoms with Gasteiger partial charge < -0.3 is 14.8 Å². The minimum absolute atomic E-state index is 0.0252. The van der Waals surface area contributed by atoms with E-state index in [2.05, 4.69) is 21.2 Å². The molecule has 1 aliphatic heterocycles. The lowest BCUT2D eigenvalue weighted by molar-refractivity contribution is -0.122. The van der Waals surface area contributed by atoms with Gasteiger partial charge in [0.1, 0.15) is 0 Å². The molecule has 2 aliphatic rings. The monoisotopic (exact) mass is 537 g/mol. The van der Waals surface area contributed by atoms with Crippen molar-refractivity contribution in [3.8, 4) is 11.5 Å². The van der Waals surface area contributed by atoms with E-state index in [1.54, 1.807) is 19.2 Å². The molecule has 32 heavy (non-hydrogen) atoms. The Labute approximate surface area is 205 Å². The van der Waals surface area contributed by atoms with Gasteiger partial charge in [0.25, 0.3) is 0 Å². The molecule has 0 bridgehead atoms. The van der Waals surface area contributed by atoms with Crippen molar-refractivity contribution in [1.29, 1.82) is 0 Å². The van der Waals surface area contributed by atoms with Gasteiger partial charge >= 0.3 is 0 Å². The van der Waals surface area contributed by atoms with Gasteiger partial charge in [0.05, 0.1) is 28.2 Å². The number of nitrogens with one attached hydrogen (secondary N) is 1. The third-order valence-electron chi connectivity index (χ3n) is 5.89. The van der Waals surface area contributed by atoms with Crippen LogP contribution in [0.1, 0.15) is 49.1 Å². The molecule has 1 heterocycles. The first-order chi connectivity index (χ1) is 15.3. The second-order valence-electron chi connectivity index (χ2n) is 7.87. The molecule has 2 unspecified atom stereocenters. The van der Waals surface area contributed by atoms with Crippen LogP contribution in [0.2, 0.25) is 10.0 Å². The second-order valence-corrected chi connectivity index (χ2v) is 9.53. The Morgan fingerprint density at radius 3 is 2.53 bits per heavy atom. The van der Waals surface area contributed by atoms with Crippen molar-refractivity contribution in [1.82, 2.24) is 5.32 Å². The second kappa shape index (κ2) is 9.46. The summed E-state index contributed by atoms with van der Waals surface area (Å²) < 4.78 is 11.9. The number of carbonyl (C=O) groups is 2. The van der Waals surface area contributed by atoms with Crippen molar-refractivity contribution < 1.29 is 19.1 Å². The summed E-state index contributed by atoms with van der Waals surface area (Å²) in [5, 5.41) is 3.87. The number of halogens is 3. The fraction of sp³-hybridized carbons (Fsp3) is 0.333. The molecule has 8 heteroatoms. The molecule has 0 spiro atoms. The quantitative estimate of drug-likeness (QED) is 0.494. The van der Waals surface area contributed by atoms with E-state index in [0.29, 0.717) is 56.7 Å². The van der Waals surface area contributed by atoms with E-state index in [-0.39, 0.29) is 29.9 Å². The van der Waals surface area contributed by atoms with Crippen LogP contribution in [0, 0.1) is 0 Å². The maximum atomic E-state index is 13.3. The first kappa shape index (κ1) is 23.1. The SMILES string of the molecule is CCOc1cc(C2CC(=O)NC3=C2C(=O)CC(c2ccc(Cl)c(Cl)c2)C3)cc(Br)c1OC. The van der Waals surface area contributed by atoms with Crippen molar-refractivity contribution in [2.45, 2.75) is 38.0 Å². The molecule has 0 fully saturated rings. The summed E-state index contributed by atoms with van der Waals surface area (Å²) in [6, 6.07) is 9.17. The molecule has 1 N–H and O–H groups in total. The molecule has 1 aliphatic carbocycles. The maximum Gasteiger partial charge on any atom is 0.225 e. The zero-order chi connectivity index (χ0) is 23.0. The van der Waals surface area contributed by atoms with Gasteiger partial charge in [-0.25, -0.2) is 0 Å². The minimum atomic E-state index is -0.345. The highest BCUT2D eigenvalue weighted by atomic mass is 79.9. The normalized spacial score (nSPS) is 20.7. The summed E-state index contributed by atoms with van der Waals surface area (Å²) >= 11 is 15.8. The van der Waals surface area contributed by atoms with E-state index in [1.807, 2.05) is 25.1 Å². The van der Waals surface area contributed by atoms with Gasteiger partial charge in [-0.05, 0) is 70.6 Å². The van der Waals surface area contributed by atoms with Crippen LogP contribution in [0.5, 0.6) is 11.5 Å². The first-order valence-corrected chi connectivity index (χ1v) is 11.9. The molecule has 2 atom stereocenters. The number of ether oxygens (including phenoxy) is 2. The number of ketones is 1. The van der Waals surface area contributed by atoms with Crippen molar-refractivity contribution in [2.75, 3.05) is 13.7 Å². The van der Waals surface area contributed by atoms with Crippen LogP contribution in [0.3, 0.4) is 0 Å². The van der Waals surface area contributed by atoms with E-state index >= 15 is 0 Å². The first-order valence-electron chi connectivity index (χ1n) is 10.3. The number of Topliss-reactive ketones (excluding diaryl/α,β-unsaturated/α-hetero) is 1. The van der Waals surface area contributed by atoms with Gasteiger partial charge in [-0.2, -0.15) is 0 Å². The summed E-state index contributed by atoms with van der Waals surface area (Å²) in [5.74, 6) is 0.654. The molecule has 0 radical (unpaired) electrons. The predicted octanol–water partition coefficient (Wildman–Crippen LogP) is 6.17. The lowest BCUT2D eigenvalue weighted by Gasteiger charge is -2.34. The molecule has 2 aromatic rings. The van der Waals surface area contributed by atoms with Gasteiger partial charge in [-0.3, -0.25) is 9.59 Å². The topological polar surface area (TPSA) is 64.6 Å². The van der Waals surface area contributed by atoms with E-state index in [9.17, 15) is 9.59 Å². The molecule has 168 valence electrons. The van der Waals surface area contributed by atoms with E-state index < -0.39 is 0 Å². The highest BCUT2D eigenvalue weighted by Crippen LogP contribution is 2.46. The molecular formula is C24H22BrCl2NO4. The van der Waals surface area contributed by atoms with Crippen LogP contribution in [0.4, 0.5) is 0 Å². The van der Waals surface area contributed by atoms with Crippen molar-refractivity contribution in [3.63, 3.8) is 0 Å². The van der Waals surface area contributed by atoms with E-state index in [4.69, 9.17) is 32.7 Å². The summed E-state index contributed by atoms with van der Waals surface area (Å²) in [6.07, 6.45) is 1.10. The largest absolute Gasteiger partial charge is 0.492 e. The summed E-state index contributed by atoms with van der Waals surface area (Å²) in [6.45, 7) is 2.36. The molecule has 0 saturated carbocycles. The Balaban J connectivity index is 1.74. The third-order valence-corrected chi connectivity index (χ3v) is 7.22.